The average Bonchev–Trinajstić information content (AvgIpc) is 3.02. The molecule has 1 aliphatic carbocycles. The van der Waals surface area contributed by atoms with E-state index >= 15 is 0 Å². The lowest BCUT2D eigenvalue weighted by molar-refractivity contribution is -0.142. The van der Waals surface area contributed by atoms with Gasteiger partial charge in [0, 0.05) is 19.6 Å². The third-order valence-corrected chi connectivity index (χ3v) is 4.82. The molecule has 2 bridgehead atoms. The van der Waals surface area contributed by atoms with E-state index in [1.165, 1.54) is 0 Å². The average molecular weight is 282 g/mol. The predicted molar refractivity (Wildman–Crippen MR) is 71.3 cm³/mol. The van der Waals surface area contributed by atoms with Crippen LogP contribution >= 0.6 is 0 Å². The number of urea groups is 1. The van der Waals surface area contributed by atoms with Crippen molar-refractivity contribution in [1.82, 2.24) is 10.2 Å². The molecule has 20 heavy (non-hydrogen) atoms. The summed E-state index contributed by atoms with van der Waals surface area (Å²) >= 11 is 0. The topological polar surface area (TPSA) is 78.9 Å². The second-order valence-electron chi connectivity index (χ2n) is 6.18. The number of fused-ring (bicyclic) bond motifs is 2. The Morgan fingerprint density at radius 3 is 2.50 bits per heavy atom. The molecule has 0 aromatic rings. The van der Waals surface area contributed by atoms with E-state index in [0.717, 1.165) is 32.1 Å². The first-order valence-corrected chi connectivity index (χ1v) is 7.54. The SMILES string of the molecule is O=C(O)C1CCCC1CNC(=O)N1CC2CCC(C1)O2. The van der Waals surface area contributed by atoms with E-state index in [1.54, 1.807) is 0 Å². The summed E-state index contributed by atoms with van der Waals surface area (Å²) in [6.07, 6.45) is 5.04. The summed E-state index contributed by atoms with van der Waals surface area (Å²) < 4.78 is 5.70. The Morgan fingerprint density at radius 1 is 1.15 bits per heavy atom. The van der Waals surface area contributed by atoms with Crippen LogP contribution in [0.15, 0.2) is 0 Å². The number of carbonyl (C=O) groups is 2. The Hall–Kier alpha value is -1.30. The molecule has 3 fully saturated rings. The van der Waals surface area contributed by atoms with Crippen LogP contribution in [0.4, 0.5) is 4.79 Å². The highest BCUT2D eigenvalue weighted by Crippen LogP contribution is 2.31. The lowest BCUT2D eigenvalue weighted by Crippen LogP contribution is -2.50. The molecule has 3 aliphatic rings. The van der Waals surface area contributed by atoms with Crippen LogP contribution in [0, 0.1) is 11.8 Å². The predicted octanol–water partition coefficient (Wildman–Crippen LogP) is 1.06. The number of hydrogen-bond donors (Lipinski definition) is 2. The summed E-state index contributed by atoms with van der Waals surface area (Å²) in [5.74, 6) is -0.948. The largest absolute Gasteiger partial charge is 0.481 e. The van der Waals surface area contributed by atoms with Gasteiger partial charge in [-0.1, -0.05) is 6.42 Å². The van der Waals surface area contributed by atoms with Gasteiger partial charge in [-0.15, -0.1) is 0 Å². The molecule has 2 heterocycles. The minimum absolute atomic E-state index is 0.0683. The van der Waals surface area contributed by atoms with Crippen molar-refractivity contribution in [1.29, 1.82) is 0 Å². The smallest absolute Gasteiger partial charge is 0.317 e. The number of amides is 2. The number of hydrogen-bond acceptors (Lipinski definition) is 3. The standard InChI is InChI=1S/C14H22N2O4/c17-13(18)12-3-1-2-9(12)6-15-14(19)16-7-10-4-5-11(8-16)20-10/h9-12H,1-8H2,(H,15,19)(H,17,18). The van der Waals surface area contributed by atoms with Gasteiger partial charge in [0.05, 0.1) is 18.1 Å². The van der Waals surface area contributed by atoms with Crippen LogP contribution in [0.1, 0.15) is 32.1 Å². The van der Waals surface area contributed by atoms with Crippen LogP contribution in [-0.4, -0.2) is 53.8 Å². The van der Waals surface area contributed by atoms with Crippen molar-refractivity contribution in [3.05, 3.63) is 0 Å². The molecule has 6 nitrogen and oxygen atoms in total. The number of morpholine rings is 1. The van der Waals surface area contributed by atoms with Gasteiger partial charge >= 0.3 is 12.0 Å². The minimum atomic E-state index is -0.730. The first-order valence-electron chi connectivity index (χ1n) is 7.54. The quantitative estimate of drug-likeness (QED) is 0.811. The van der Waals surface area contributed by atoms with Gasteiger partial charge in [-0.05, 0) is 31.6 Å². The molecule has 4 unspecified atom stereocenters. The zero-order valence-corrected chi connectivity index (χ0v) is 11.6. The fraction of sp³-hybridized carbons (Fsp3) is 0.857. The van der Waals surface area contributed by atoms with Crippen molar-refractivity contribution >= 4 is 12.0 Å². The number of nitrogens with zero attached hydrogens (tertiary/aromatic N) is 1. The lowest BCUT2D eigenvalue weighted by atomic mass is 9.96. The minimum Gasteiger partial charge on any atom is -0.481 e. The summed E-state index contributed by atoms with van der Waals surface area (Å²) in [6.45, 7) is 1.80. The third-order valence-electron chi connectivity index (χ3n) is 4.82. The van der Waals surface area contributed by atoms with Crippen LogP contribution in [0.25, 0.3) is 0 Å². The number of rotatable bonds is 3. The van der Waals surface area contributed by atoms with Crippen LogP contribution in [-0.2, 0) is 9.53 Å². The normalized spacial score (nSPS) is 36.1. The van der Waals surface area contributed by atoms with Crippen LogP contribution in [0.3, 0.4) is 0 Å². The summed E-state index contributed by atoms with van der Waals surface area (Å²) in [5, 5.41) is 12.1. The van der Waals surface area contributed by atoms with Crippen molar-refractivity contribution in [3.8, 4) is 0 Å². The van der Waals surface area contributed by atoms with Gasteiger partial charge in [-0.25, -0.2) is 4.79 Å². The van der Waals surface area contributed by atoms with Crippen LogP contribution < -0.4 is 5.32 Å². The number of carbonyl (C=O) groups excluding carboxylic acids is 1. The molecule has 2 amide bonds. The van der Waals surface area contributed by atoms with E-state index in [1.807, 2.05) is 4.90 Å². The Labute approximate surface area is 118 Å². The number of nitrogens with one attached hydrogen (secondary N) is 1. The van der Waals surface area contributed by atoms with E-state index in [9.17, 15) is 9.59 Å². The lowest BCUT2D eigenvalue weighted by Gasteiger charge is -2.32. The molecule has 112 valence electrons. The Balaban J connectivity index is 1.48. The Morgan fingerprint density at radius 2 is 1.85 bits per heavy atom. The maximum atomic E-state index is 12.2. The summed E-state index contributed by atoms with van der Waals surface area (Å²) in [6, 6.07) is -0.0683. The highest BCUT2D eigenvalue weighted by atomic mass is 16.5. The van der Waals surface area contributed by atoms with Crippen LogP contribution in [0.5, 0.6) is 0 Å². The Kier molecular flexibility index (Phi) is 3.83. The molecule has 2 N–H and O–H groups in total. The first-order chi connectivity index (χ1) is 9.63. The molecule has 3 rings (SSSR count). The molecule has 2 aliphatic heterocycles. The maximum absolute atomic E-state index is 12.2. The number of aliphatic carboxylic acids is 1. The van der Waals surface area contributed by atoms with Gasteiger partial charge in [0.15, 0.2) is 0 Å². The summed E-state index contributed by atoms with van der Waals surface area (Å²) in [4.78, 5) is 25.1. The number of likely N-dealkylation sites (tertiary alicyclic amines) is 1. The van der Waals surface area contributed by atoms with Crippen LogP contribution in [0.2, 0.25) is 0 Å². The fourth-order valence-electron chi connectivity index (χ4n) is 3.72. The van der Waals surface area contributed by atoms with Crippen molar-refractivity contribution in [2.45, 2.75) is 44.3 Å². The zero-order chi connectivity index (χ0) is 14.1. The molecular formula is C14H22N2O4. The summed E-state index contributed by atoms with van der Waals surface area (Å²) in [7, 11) is 0. The number of carboxylic acid groups (broad SMARTS) is 1. The highest BCUT2D eigenvalue weighted by molar-refractivity contribution is 5.75. The van der Waals surface area contributed by atoms with E-state index in [4.69, 9.17) is 9.84 Å². The van der Waals surface area contributed by atoms with Crippen molar-refractivity contribution < 1.29 is 19.4 Å². The molecule has 0 aromatic carbocycles. The molecule has 0 radical (unpaired) electrons. The molecule has 1 saturated carbocycles. The highest BCUT2D eigenvalue weighted by Gasteiger charge is 2.37. The van der Waals surface area contributed by atoms with E-state index < -0.39 is 5.97 Å². The number of ether oxygens (including phenoxy) is 1. The van der Waals surface area contributed by atoms with Crippen molar-refractivity contribution in [2.24, 2.45) is 11.8 Å². The monoisotopic (exact) mass is 282 g/mol. The molecule has 0 aromatic heterocycles. The zero-order valence-electron chi connectivity index (χ0n) is 11.6. The fourth-order valence-corrected chi connectivity index (χ4v) is 3.72. The molecule has 4 atom stereocenters. The van der Waals surface area contributed by atoms with Gasteiger partial charge in [0.1, 0.15) is 0 Å². The second kappa shape index (κ2) is 5.60. The molecule has 6 heteroatoms. The van der Waals surface area contributed by atoms with Gasteiger partial charge in [-0.2, -0.15) is 0 Å². The van der Waals surface area contributed by atoms with Crippen molar-refractivity contribution in [2.75, 3.05) is 19.6 Å². The van der Waals surface area contributed by atoms with E-state index in [0.29, 0.717) is 19.6 Å². The van der Waals surface area contributed by atoms with E-state index in [-0.39, 0.29) is 30.1 Å². The Bertz CT molecular complexity index is 389. The van der Waals surface area contributed by atoms with Gasteiger partial charge in [0.25, 0.3) is 0 Å². The van der Waals surface area contributed by atoms with Gasteiger partial charge in [0.2, 0.25) is 0 Å². The second-order valence-corrected chi connectivity index (χ2v) is 6.18. The first kappa shape index (κ1) is 13.7. The third kappa shape index (κ3) is 2.75. The van der Waals surface area contributed by atoms with Crippen molar-refractivity contribution in [3.63, 3.8) is 0 Å². The van der Waals surface area contributed by atoms with Gasteiger partial charge in [-0.3, -0.25) is 4.79 Å². The van der Waals surface area contributed by atoms with Gasteiger partial charge < -0.3 is 20.1 Å². The summed E-state index contributed by atoms with van der Waals surface area (Å²) in [5.41, 5.74) is 0. The number of carboxylic acids is 1. The molecule has 2 saturated heterocycles. The molecular weight excluding hydrogens is 260 g/mol. The maximum Gasteiger partial charge on any atom is 0.317 e. The van der Waals surface area contributed by atoms with E-state index in [2.05, 4.69) is 5.32 Å². The molecule has 0 spiro atoms.